The molecule has 0 aliphatic heterocycles. The van der Waals surface area contributed by atoms with Crippen LogP contribution < -0.4 is 0 Å². The highest BCUT2D eigenvalue weighted by Gasteiger charge is 2.16. The zero-order chi connectivity index (χ0) is 25.5. The predicted molar refractivity (Wildman–Crippen MR) is 167 cm³/mol. The van der Waals surface area contributed by atoms with Crippen LogP contribution in [0.25, 0.3) is 81.7 Å². The van der Waals surface area contributed by atoms with Gasteiger partial charge in [0.25, 0.3) is 0 Å². The van der Waals surface area contributed by atoms with Gasteiger partial charge in [-0.1, -0.05) is 103 Å². The third-order valence-corrected chi connectivity index (χ3v) is 8.46. The van der Waals surface area contributed by atoms with Gasteiger partial charge in [-0.25, -0.2) is 0 Å². The van der Waals surface area contributed by atoms with Crippen LogP contribution in [0.2, 0.25) is 0 Å². The Balaban J connectivity index is 1.35. The molecule has 0 N–H and O–H groups in total. The summed E-state index contributed by atoms with van der Waals surface area (Å²) in [5, 5.41) is 13.0. The van der Waals surface area contributed by atoms with Gasteiger partial charge in [0.1, 0.15) is 0 Å². The van der Waals surface area contributed by atoms with E-state index in [0.717, 1.165) is 0 Å². The third-order valence-electron chi connectivity index (χ3n) is 8.46. The Morgan fingerprint density at radius 2 is 1.00 bits per heavy atom. The molecule has 39 heavy (non-hydrogen) atoms. The minimum absolute atomic E-state index is 1.18. The molecule has 180 valence electrons. The summed E-state index contributed by atoms with van der Waals surface area (Å²) in [5.74, 6) is 0. The van der Waals surface area contributed by atoms with Crippen molar-refractivity contribution >= 4 is 64.9 Å². The number of hydrogen-bond donors (Lipinski definition) is 0. The molecule has 0 atom stereocenters. The molecule has 1 heterocycles. The van der Waals surface area contributed by atoms with Crippen LogP contribution >= 0.6 is 0 Å². The van der Waals surface area contributed by atoms with Crippen molar-refractivity contribution < 1.29 is 0 Å². The SMILES string of the molecule is c1ccc(-n2c3ccc(-c4cc5ccc6cccc7ccc(c4)c5c67)cc3c3ccc4ccccc4c32)cc1. The van der Waals surface area contributed by atoms with E-state index in [1.165, 1.54) is 81.7 Å². The minimum atomic E-state index is 1.18. The highest BCUT2D eigenvalue weighted by Crippen LogP contribution is 2.41. The van der Waals surface area contributed by atoms with Gasteiger partial charge in [0.15, 0.2) is 0 Å². The van der Waals surface area contributed by atoms with Gasteiger partial charge < -0.3 is 4.57 Å². The number of rotatable bonds is 2. The summed E-state index contributed by atoms with van der Waals surface area (Å²) >= 11 is 0. The first-order valence-corrected chi connectivity index (χ1v) is 13.5. The maximum absolute atomic E-state index is 2.43. The molecule has 0 bridgehead atoms. The van der Waals surface area contributed by atoms with Gasteiger partial charge in [-0.3, -0.25) is 0 Å². The molecule has 0 aliphatic rings. The van der Waals surface area contributed by atoms with Crippen LogP contribution in [-0.2, 0) is 0 Å². The standard InChI is InChI=1S/C38H23N/c1-2-10-31(11-3-1)39-35-20-18-27(23-34(35)33-19-17-24-7-4-5-12-32(24)38(33)39)30-21-28-15-13-25-8-6-9-26-14-16-29(22-30)37(28)36(25)26/h1-23H. The van der Waals surface area contributed by atoms with E-state index in [0.29, 0.717) is 0 Å². The summed E-state index contributed by atoms with van der Waals surface area (Å²) < 4.78 is 2.43. The molecule has 0 amide bonds. The van der Waals surface area contributed by atoms with Crippen LogP contribution in [0.5, 0.6) is 0 Å². The van der Waals surface area contributed by atoms with Crippen molar-refractivity contribution in [1.82, 2.24) is 4.57 Å². The molecule has 0 unspecified atom stereocenters. The molecule has 1 heteroatoms. The Kier molecular flexibility index (Phi) is 4.11. The lowest BCUT2D eigenvalue weighted by Gasteiger charge is -2.13. The van der Waals surface area contributed by atoms with Gasteiger partial charge >= 0.3 is 0 Å². The molecular formula is C38H23N. The maximum Gasteiger partial charge on any atom is 0.0619 e. The zero-order valence-corrected chi connectivity index (χ0v) is 21.2. The fourth-order valence-electron chi connectivity index (χ4n) is 6.73. The molecule has 0 aliphatic carbocycles. The Morgan fingerprint density at radius 3 is 1.79 bits per heavy atom. The van der Waals surface area contributed by atoms with Crippen LogP contribution in [-0.4, -0.2) is 4.57 Å². The van der Waals surface area contributed by atoms with Gasteiger partial charge in [-0.15, -0.1) is 0 Å². The smallest absolute Gasteiger partial charge is 0.0619 e. The number of benzene rings is 8. The summed E-state index contributed by atoms with van der Waals surface area (Å²) in [6.07, 6.45) is 0. The number of hydrogen-bond acceptors (Lipinski definition) is 0. The van der Waals surface area contributed by atoms with Crippen LogP contribution in [0.15, 0.2) is 140 Å². The van der Waals surface area contributed by atoms with Crippen molar-refractivity contribution in [3.8, 4) is 16.8 Å². The summed E-state index contributed by atoms with van der Waals surface area (Å²) in [6.45, 7) is 0. The van der Waals surface area contributed by atoms with E-state index in [1.54, 1.807) is 0 Å². The quantitative estimate of drug-likeness (QED) is 0.211. The largest absolute Gasteiger partial charge is 0.309 e. The number of para-hydroxylation sites is 1. The number of nitrogens with zero attached hydrogens (tertiary/aromatic N) is 1. The van der Waals surface area contributed by atoms with Crippen LogP contribution in [0.3, 0.4) is 0 Å². The summed E-state index contributed by atoms with van der Waals surface area (Å²) in [4.78, 5) is 0. The summed E-state index contributed by atoms with van der Waals surface area (Å²) in [5.41, 5.74) is 6.18. The van der Waals surface area contributed by atoms with Crippen molar-refractivity contribution in [1.29, 1.82) is 0 Å². The lowest BCUT2D eigenvalue weighted by atomic mass is 9.91. The second-order valence-electron chi connectivity index (χ2n) is 10.6. The van der Waals surface area contributed by atoms with E-state index in [-0.39, 0.29) is 0 Å². The normalized spacial score (nSPS) is 12.1. The fourth-order valence-corrected chi connectivity index (χ4v) is 6.73. The van der Waals surface area contributed by atoms with Crippen molar-refractivity contribution in [2.75, 3.05) is 0 Å². The van der Waals surface area contributed by atoms with Gasteiger partial charge in [-0.05, 0) is 85.2 Å². The van der Waals surface area contributed by atoms with Crippen LogP contribution in [0.1, 0.15) is 0 Å². The maximum atomic E-state index is 2.43. The van der Waals surface area contributed by atoms with E-state index in [4.69, 9.17) is 0 Å². The van der Waals surface area contributed by atoms with Crippen molar-refractivity contribution in [3.05, 3.63) is 140 Å². The first-order chi connectivity index (χ1) is 19.3. The van der Waals surface area contributed by atoms with E-state index >= 15 is 0 Å². The minimum Gasteiger partial charge on any atom is -0.309 e. The molecular weight excluding hydrogens is 470 g/mol. The molecule has 1 nitrogen and oxygen atoms in total. The van der Waals surface area contributed by atoms with Crippen LogP contribution in [0, 0.1) is 0 Å². The lowest BCUT2D eigenvalue weighted by molar-refractivity contribution is 1.19. The molecule has 0 radical (unpaired) electrons. The average molecular weight is 494 g/mol. The van der Waals surface area contributed by atoms with E-state index < -0.39 is 0 Å². The van der Waals surface area contributed by atoms with Gasteiger partial charge in [0.05, 0.1) is 11.0 Å². The van der Waals surface area contributed by atoms with Gasteiger partial charge in [0, 0.05) is 21.8 Å². The Labute approximate surface area is 225 Å². The third kappa shape index (κ3) is 2.90. The Morgan fingerprint density at radius 1 is 0.359 bits per heavy atom. The van der Waals surface area contributed by atoms with E-state index in [9.17, 15) is 0 Å². The lowest BCUT2D eigenvalue weighted by Crippen LogP contribution is -1.94. The van der Waals surface area contributed by atoms with Crippen LogP contribution in [0.4, 0.5) is 0 Å². The van der Waals surface area contributed by atoms with Gasteiger partial charge in [-0.2, -0.15) is 0 Å². The molecule has 9 rings (SSSR count). The molecule has 0 spiro atoms. The monoisotopic (exact) mass is 493 g/mol. The molecule has 9 aromatic rings. The molecule has 0 fully saturated rings. The van der Waals surface area contributed by atoms with Crippen molar-refractivity contribution in [2.45, 2.75) is 0 Å². The van der Waals surface area contributed by atoms with Crippen molar-refractivity contribution in [2.24, 2.45) is 0 Å². The Hall–Kier alpha value is -5.14. The highest BCUT2D eigenvalue weighted by atomic mass is 15.0. The van der Waals surface area contributed by atoms with E-state index in [1.807, 2.05) is 0 Å². The zero-order valence-electron chi connectivity index (χ0n) is 21.2. The molecule has 8 aromatic carbocycles. The van der Waals surface area contributed by atoms with Crippen molar-refractivity contribution in [3.63, 3.8) is 0 Å². The predicted octanol–water partition coefficient (Wildman–Crippen LogP) is 10.5. The van der Waals surface area contributed by atoms with E-state index in [2.05, 4.69) is 144 Å². The average Bonchev–Trinajstić information content (AvgIpc) is 3.34. The first-order valence-electron chi connectivity index (χ1n) is 13.5. The fraction of sp³-hybridized carbons (Fsp3) is 0. The van der Waals surface area contributed by atoms with Gasteiger partial charge in [0.2, 0.25) is 0 Å². The summed E-state index contributed by atoms with van der Waals surface area (Å²) in [6, 6.07) is 51.4. The summed E-state index contributed by atoms with van der Waals surface area (Å²) in [7, 11) is 0. The second-order valence-corrected chi connectivity index (χ2v) is 10.6. The Bertz CT molecular complexity index is 2310. The molecule has 0 saturated heterocycles. The molecule has 1 aromatic heterocycles. The topological polar surface area (TPSA) is 4.93 Å². The number of fused-ring (bicyclic) bond motifs is 5. The second kappa shape index (κ2) is 7.69. The first kappa shape index (κ1) is 20.9. The number of aromatic nitrogens is 1. The molecule has 0 saturated carbocycles. The highest BCUT2D eigenvalue weighted by molar-refractivity contribution is 6.24.